The topological polar surface area (TPSA) is 142 Å². The Kier molecular flexibility index (Phi) is 45.9. The molecule has 0 fully saturated rings. The number of esters is 1. The number of rotatable bonds is 46. The third-order valence-electron chi connectivity index (χ3n) is 11.2. The van der Waals surface area contributed by atoms with Crippen molar-refractivity contribution in [3.8, 4) is 0 Å². The van der Waals surface area contributed by atoms with E-state index in [4.69, 9.17) is 14.9 Å². The minimum atomic E-state index is -1.39. The number of carboxylic acids is 1. The number of allylic oxidation sites excluding steroid dienone is 12. The van der Waals surface area contributed by atoms with Crippen LogP contribution in [0.3, 0.4) is 0 Å². The van der Waals surface area contributed by atoms with E-state index in [1.54, 1.807) is 0 Å². The number of hydrogen-bond acceptors (Lipinski definition) is 6. The average molecular weight is 895 g/mol. The van der Waals surface area contributed by atoms with Gasteiger partial charge in [0.25, 0.3) is 0 Å². The first-order chi connectivity index (χ1) is 31.3. The van der Waals surface area contributed by atoms with Gasteiger partial charge in [-0.05, 0) is 109 Å². The van der Waals surface area contributed by atoms with Crippen LogP contribution in [0.4, 0.5) is 0 Å². The Morgan fingerprint density at radius 3 is 1.36 bits per heavy atom. The number of aliphatic hydroxyl groups excluding tert-OH is 1. The first-order valence-corrected chi connectivity index (χ1v) is 25.8. The van der Waals surface area contributed by atoms with E-state index in [1.807, 2.05) is 0 Å². The van der Waals surface area contributed by atoms with Gasteiger partial charge in [-0.2, -0.15) is 0 Å². The van der Waals surface area contributed by atoms with Crippen LogP contribution in [0.5, 0.6) is 0 Å². The Morgan fingerprint density at radius 1 is 0.484 bits per heavy atom. The molecule has 2 amide bonds. The van der Waals surface area contributed by atoms with E-state index in [2.05, 4.69) is 97.4 Å². The molecule has 64 heavy (non-hydrogen) atoms. The van der Waals surface area contributed by atoms with Crippen LogP contribution in [0, 0.1) is 0 Å². The van der Waals surface area contributed by atoms with Crippen molar-refractivity contribution in [3.63, 3.8) is 0 Å². The molecule has 0 rings (SSSR count). The lowest BCUT2D eigenvalue weighted by atomic mass is 10.0. The van der Waals surface area contributed by atoms with E-state index in [0.717, 1.165) is 116 Å². The maximum Gasteiger partial charge on any atom is 0.328 e. The molecular formula is C55H94N2O7. The number of amides is 2. The molecule has 0 radical (unpaired) electrons. The summed E-state index contributed by atoms with van der Waals surface area (Å²) in [6.45, 7) is 3.37. The summed E-state index contributed by atoms with van der Waals surface area (Å²) in [7, 11) is 0. The maximum absolute atomic E-state index is 12.9. The van der Waals surface area contributed by atoms with Crippen molar-refractivity contribution < 1.29 is 34.1 Å². The summed E-state index contributed by atoms with van der Waals surface area (Å²) in [5.74, 6) is -2.32. The second kappa shape index (κ2) is 48.7. The van der Waals surface area contributed by atoms with E-state index in [0.29, 0.717) is 12.8 Å². The van der Waals surface area contributed by atoms with Gasteiger partial charge in [0.15, 0.2) is 0 Å². The van der Waals surface area contributed by atoms with Gasteiger partial charge in [-0.3, -0.25) is 14.4 Å². The van der Waals surface area contributed by atoms with Crippen LogP contribution in [-0.4, -0.2) is 59.3 Å². The first kappa shape index (κ1) is 60.3. The molecule has 366 valence electrons. The number of aliphatic hydroxyl groups is 1. The molecule has 0 saturated heterocycles. The molecule has 2 unspecified atom stereocenters. The van der Waals surface area contributed by atoms with Gasteiger partial charge < -0.3 is 25.6 Å². The van der Waals surface area contributed by atoms with Crippen LogP contribution < -0.4 is 10.6 Å². The van der Waals surface area contributed by atoms with Crippen LogP contribution in [0.25, 0.3) is 0 Å². The second-order valence-electron chi connectivity index (χ2n) is 17.2. The standard InChI is InChI=1S/C55H94N2O7/c1-3-5-7-9-11-13-15-17-19-20-21-22-23-24-26-28-30-32-34-39-43-47-54(61)64-50(44-40-36-33-31-29-27-25-18-16-14-12-10-8-6-4-2)45-41-37-35-38-42-46-52(59)56-48-53(60)57-51(49-58)55(62)63/h5,7,11,13,16-19,21-22,27,29,50-51,58H,3-4,6,8-10,12,14-15,20,23-26,28,30-49H2,1-2H3,(H,56,59)(H,57,60)(H,62,63)/b7-5-,13-11-,18-16-,19-17-,22-21-,29-27-. The molecule has 0 saturated carbocycles. The van der Waals surface area contributed by atoms with Gasteiger partial charge >= 0.3 is 11.9 Å². The van der Waals surface area contributed by atoms with Crippen LogP contribution in [0.15, 0.2) is 72.9 Å². The Balaban J connectivity index is 4.36. The van der Waals surface area contributed by atoms with Crippen molar-refractivity contribution >= 4 is 23.8 Å². The molecule has 0 bridgehead atoms. The summed E-state index contributed by atoms with van der Waals surface area (Å²) in [4.78, 5) is 47.8. The quantitative estimate of drug-likeness (QED) is 0.0271. The fraction of sp³-hybridized carbons (Fsp3) is 0.709. The third kappa shape index (κ3) is 44.9. The average Bonchev–Trinajstić information content (AvgIpc) is 3.28. The number of ether oxygens (including phenoxy) is 1. The molecule has 4 N–H and O–H groups in total. The number of carbonyl (C=O) groups excluding carboxylic acids is 3. The minimum Gasteiger partial charge on any atom is -0.480 e. The third-order valence-corrected chi connectivity index (χ3v) is 11.2. The van der Waals surface area contributed by atoms with Gasteiger partial charge in [0.2, 0.25) is 11.8 Å². The molecular weight excluding hydrogens is 801 g/mol. The van der Waals surface area contributed by atoms with Crippen LogP contribution in [-0.2, 0) is 23.9 Å². The van der Waals surface area contributed by atoms with Crippen molar-refractivity contribution in [1.82, 2.24) is 10.6 Å². The Morgan fingerprint density at radius 2 is 0.891 bits per heavy atom. The van der Waals surface area contributed by atoms with Crippen LogP contribution >= 0.6 is 0 Å². The lowest BCUT2D eigenvalue weighted by molar-refractivity contribution is -0.150. The highest BCUT2D eigenvalue weighted by atomic mass is 16.5. The lowest BCUT2D eigenvalue weighted by Crippen LogP contribution is -2.47. The zero-order valence-electron chi connectivity index (χ0n) is 40.8. The molecule has 9 nitrogen and oxygen atoms in total. The van der Waals surface area contributed by atoms with Crippen molar-refractivity contribution in [1.29, 1.82) is 0 Å². The maximum atomic E-state index is 12.9. The zero-order chi connectivity index (χ0) is 46.8. The summed E-state index contributed by atoms with van der Waals surface area (Å²) in [5, 5.41) is 22.6. The van der Waals surface area contributed by atoms with Crippen molar-refractivity contribution in [3.05, 3.63) is 72.9 Å². The summed E-state index contributed by atoms with van der Waals surface area (Å²) >= 11 is 0. The Labute approximate surface area is 391 Å². The number of carboxylic acid groups (broad SMARTS) is 1. The molecule has 0 aliphatic carbocycles. The molecule has 0 aromatic heterocycles. The summed E-state index contributed by atoms with van der Waals surface area (Å²) < 4.78 is 6.06. The van der Waals surface area contributed by atoms with Gasteiger partial charge in [0.1, 0.15) is 12.1 Å². The van der Waals surface area contributed by atoms with E-state index in [-0.39, 0.29) is 30.9 Å². The zero-order valence-corrected chi connectivity index (χ0v) is 40.8. The van der Waals surface area contributed by atoms with E-state index < -0.39 is 24.5 Å². The highest BCUT2D eigenvalue weighted by Gasteiger charge is 2.19. The summed E-state index contributed by atoms with van der Waals surface area (Å²) in [6.07, 6.45) is 62.2. The van der Waals surface area contributed by atoms with Crippen molar-refractivity contribution in [2.45, 2.75) is 238 Å². The molecule has 0 aliphatic heterocycles. The predicted molar refractivity (Wildman–Crippen MR) is 268 cm³/mol. The van der Waals surface area contributed by atoms with E-state index >= 15 is 0 Å². The molecule has 0 spiro atoms. The number of nitrogens with one attached hydrogen (secondary N) is 2. The molecule has 0 aromatic carbocycles. The number of aliphatic carboxylic acids is 1. The van der Waals surface area contributed by atoms with E-state index in [9.17, 15) is 19.2 Å². The smallest absolute Gasteiger partial charge is 0.328 e. The summed E-state index contributed by atoms with van der Waals surface area (Å²) in [5.41, 5.74) is 0. The Bertz CT molecular complexity index is 1300. The number of unbranched alkanes of at least 4 members (excludes halogenated alkanes) is 20. The number of carbonyl (C=O) groups is 4. The van der Waals surface area contributed by atoms with Crippen molar-refractivity contribution in [2.75, 3.05) is 13.2 Å². The van der Waals surface area contributed by atoms with Gasteiger partial charge in [0.05, 0.1) is 13.2 Å². The van der Waals surface area contributed by atoms with Gasteiger partial charge in [-0.25, -0.2) is 4.79 Å². The van der Waals surface area contributed by atoms with Crippen LogP contribution in [0.2, 0.25) is 0 Å². The van der Waals surface area contributed by atoms with Crippen LogP contribution in [0.1, 0.15) is 226 Å². The lowest BCUT2D eigenvalue weighted by Gasteiger charge is -2.18. The largest absolute Gasteiger partial charge is 0.480 e. The number of hydrogen-bond donors (Lipinski definition) is 4. The minimum absolute atomic E-state index is 0.0460. The van der Waals surface area contributed by atoms with Crippen molar-refractivity contribution in [2.24, 2.45) is 0 Å². The Hall–Kier alpha value is -3.72. The molecule has 2 atom stereocenters. The highest BCUT2D eigenvalue weighted by Crippen LogP contribution is 2.18. The molecule has 9 heteroatoms. The SMILES string of the molecule is CC/C=C\C/C=C\C/C=C\C/C=C\CCCCCCCCCCC(=O)OC(CCCCC/C=C\C/C=C\CCCCCCC)CCCCCCCC(=O)NCC(=O)NC(CO)C(=O)O. The van der Waals surface area contributed by atoms with E-state index in [1.165, 1.54) is 77.0 Å². The second-order valence-corrected chi connectivity index (χ2v) is 17.2. The van der Waals surface area contributed by atoms with Gasteiger partial charge in [-0.15, -0.1) is 0 Å². The van der Waals surface area contributed by atoms with Gasteiger partial charge in [-0.1, -0.05) is 177 Å². The fourth-order valence-corrected chi connectivity index (χ4v) is 7.27. The van der Waals surface area contributed by atoms with Gasteiger partial charge in [0, 0.05) is 12.8 Å². The molecule has 0 heterocycles. The normalized spacial score (nSPS) is 13.0. The highest BCUT2D eigenvalue weighted by molar-refractivity contribution is 5.87. The monoisotopic (exact) mass is 895 g/mol. The molecule has 0 aromatic rings. The first-order valence-electron chi connectivity index (χ1n) is 25.8. The molecule has 0 aliphatic rings. The summed E-state index contributed by atoms with van der Waals surface area (Å²) in [6, 6.07) is -1.39. The fourth-order valence-electron chi connectivity index (χ4n) is 7.27. The predicted octanol–water partition coefficient (Wildman–Crippen LogP) is 13.8.